The minimum absolute atomic E-state index is 0.0816. The van der Waals surface area contributed by atoms with Crippen molar-refractivity contribution in [3.05, 3.63) is 60.2 Å². The van der Waals surface area contributed by atoms with E-state index in [-0.39, 0.29) is 11.5 Å². The molecule has 25 heavy (non-hydrogen) atoms. The highest BCUT2D eigenvalue weighted by molar-refractivity contribution is 7.89. The van der Waals surface area contributed by atoms with Crippen LogP contribution >= 0.6 is 0 Å². The molecule has 0 saturated carbocycles. The molecule has 134 valence electrons. The van der Waals surface area contributed by atoms with E-state index in [2.05, 4.69) is 4.98 Å². The fourth-order valence-corrected chi connectivity index (χ4v) is 3.23. The van der Waals surface area contributed by atoms with Crippen LogP contribution in [0.5, 0.6) is 0 Å². The summed E-state index contributed by atoms with van der Waals surface area (Å²) >= 11 is 0. The lowest BCUT2D eigenvalue weighted by molar-refractivity contribution is -0.143. The van der Waals surface area contributed by atoms with Crippen LogP contribution in [0, 0.1) is 5.82 Å². The summed E-state index contributed by atoms with van der Waals surface area (Å²) in [5.41, 5.74) is 1.09. The van der Waals surface area contributed by atoms with Crippen LogP contribution in [0.1, 0.15) is 12.0 Å². The SMILES string of the molecule is CN(CC(=O)OCCCc1ccncc1)S(=O)(=O)c1ccc(F)cc1. The molecule has 0 atom stereocenters. The molecule has 0 spiro atoms. The van der Waals surface area contributed by atoms with Crippen LogP contribution in [0.3, 0.4) is 0 Å². The van der Waals surface area contributed by atoms with Gasteiger partial charge in [-0.05, 0) is 54.8 Å². The molecule has 0 amide bonds. The molecule has 2 rings (SSSR count). The third-order valence-corrected chi connectivity index (χ3v) is 5.31. The number of aromatic nitrogens is 1. The van der Waals surface area contributed by atoms with Gasteiger partial charge >= 0.3 is 5.97 Å². The topological polar surface area (TPSA) is 76.6 Å². The largest absolute Gasteiger partial charge is 0.465 e. The van der Waals surface area contributed by atoms with Gasteiger partial charge in [0.05, 0.1) is 11.5 Å². The van der Waals surface area contributed by atoms with Crippen molar-refractivity contribution in [2.24, 2.45) is 0 Å². The number of sulfonamides is 1. The Morgan fingerprint density at radius 1 is 1.16 bits per heavy atom. The van der Waals surface area contributed by atoms with Gasteiger partial charge in [-0.3, -0.25) is 9.78 Å². The first kappa shape index (κ1) is 19.0. The zero-order valence-electron chi connectivity index (χ0n) is 13.8. The van der Waals surface area contributed by atoms with Crippen LogP contribution in [0.25, 0.3) is 0 Å². The van der Waals surface area contributed by atoms with Crippen LogP contribution in [0.4, 0.5) is 4.39 Å². The van der Waals surface area contributed by atoms with E-state index in [9.17, 15) is 17.6 Å². The third-order valence-electron chi connectivity index (χ3n) is 3.50. The number of esters is 1. The minimum atomic E-state index is -3.87. The van der Waals surface area contributed by atoms with Crippen molar-refractivity contribution in [2.45, 2.75) is 17.7 Å². The summed E-state index contributed by atoms with van der Waals surface area (Å²) in [5.74, 6) is -1.17. The van der Waals surface area contributed by atoms with Gasteiger partial charge in [0.1, 0.15) is 12.4 Å². The Hall–Kier alpha value is -2.32. The second kappa shape index (κ2) is 8.68. The molecule has 0 saturated heterocycles. The van der Waals surface area contributed by atoms with Crippen LogP contribution in [-0.4, -0.2) is 43.9 Å². The fraction of sp³-hybridized carbons (Fsp3) is 0.294. The molecule has 0 aliphatic heterocycles. The highest BCUT2D eigenvalue weighted by atomic mass is 32.2. The van der Waals surface area contributed by atoms with Crippen LogP contribution < -0.4 is 0 Å². The standard InChI is InChI=1S/C17H19FN2O4S/c1-20(25(22,23)16-6-4-15(18)5-7-16)13-17(21)24-12-2-3-14-8-10-19-11-9-14/h4-11H,2-3,12-13H2,1H3. The predicted octanol–water partition coefficient (Wildman–Crippen LogP) is 2.02. The average molecular weight is 366 g/mol. The number of rotatable bonds is 8. The molecule has 1 aromatic carbocycles. The second-order valence-electron chi connectivity index (χ2n) is 5.39. The Kier molecular flexibility index (Phi) is 6.60. The molecule has 0 aliphatic carbocycles. The van der Waals surface area contributed by atoms with Gasteiger partial charge in [-0.15, -0.1) is 0 Å². The number of carbonyl (C=O) groups excluding carboxylic acids is 1. The van der Waals surface area contributed by atoms with Gasteiger partial charge in [-0.25, -0.2) is 12.8 Å². The predicted molar refractivity (Wildman–Crippen MR) is 89.7 cm³/mol. The summed E-state index contributed by atoms with van der Waals surface area (Å²) in [5, 5.41) is 0. The fourth-order valence-electron chi connectivity index (χ4n) is 2.11. The summed E-state index contributed by atoms with van der Waals surface area (Å²) in [7, 11) is -2.59. The zero-order chi connectivity index (χ0) is 18.3. The number of ether oxygens (including phenoxy) is 1. The molecule has 0 radical (unpaired) electrons. The Morgan fingerprint density at radius 3 is 2.44 bits per heavy atom. The number of hydrogen-bond acceptors (Lipinski definition) is 5. The van der Waals surface area contributed by atoms with Gasteiger partial charge in [0.2, 0.25) is 10.0 Å². The average Bonchev–Trinajstić information content (AvgIpc) is 2.60. The molecule has 8 heteroatoms. The van der Waals surface area contributed by atoms with Gasteiger partial charge in [-0.1, -0.05) is 0 Å². The summed E-state index contributed by atoms with van der Waals surface area (Å²) in [6.07, 6.45) is 4.75. The number of aryl methyl sites for hydroxylation is 1. The molecule has 0 N–H and O–H groups in total. The summed E-state index contributed by atoms with van der Waals surface area (Å²) < 4.78 is 43.4. The molecule has 1 aromatic heterocycles. The maximum atomic E-state index is 12.9. The third kappa shape index (κ3) is 5.61. The number of carbonyl (C=O) groups is 1. The normalized spacial score (nSPS) is 11.5. The van der Waals surface area contributed by atoms with Crippen molar-refractivity contribution >= 4 is 16.0 Å². The van der Waals surface area contributed by atoms with Gasteiger partial charge in [0, 0.05) is 19.4 Å². The highest BCUT2D eigenvalue weighted by Crippen LogP contribution is 2.14. The lowest BCUT2D eigenvalue weighted by atomic mass is 10.1. The Morgan fingerprint density at radius 2 is 1.80 bits per heavy atom. The first-order chi connectivity index (χ1) is 11.9. The van der Waals surface area contributed by atoms with E-state index in [0.29, 0.717) is 6.42 Å². The lowest BCUT2D eigenvalue weighted by Gasteiger charge is -2.16. The Balaban J connectivity index is 1.80. The molecule has 6 nitrogen and oxygen atoms in total. The minimum Gasteiger partial charge on any atom is -0.465 e. The molecule has 0 fully saturated rings. The van der Waals surface area contributed by atoms with E-state index in [4.69, 9.17) is 4.74 Å². The van der Waals surface area contributed by atoms with Crippen molar-refractivity contribution in [1.29, 1.82) is 0 Å². The number of likely N-dealkylation sites (N-methyl/N-ethyl adjacent to an activating group) is 1. The van der Waals surface area contributed by atoms with E-state index in [0.717, 1.165) is 40.6 Å². The first-order valence-corrected chi connectivity index (χ1v) is 9.10. The van der Waals surface area contributed by atoms with E-state index >= 15 is 0 Å². The molecular weight excluding hydrogens is 347 g/mol. The smallest absolute Gasteiger partial charge is 0.321 e. The first-order valence-electron chi connectivity index (χ1n) is 7.66. The number of pyridine rings is 1. The molecular formula is C17H19FN2O4S. The Labute approximate surface area is 146 Å². The van der Waals surface area contributed by atoms with E-state index in [1.807, 2.05) is 12.1 Å². The lowest BCUT2D eigenvalue weighted by Crippen LogP contribution is -2.33. The summed E-state index contributed by atoms with van der Waals surface area (Å²) in [6.45, 7) is -0.208. The number of benzene rings is 1. The van der Waals surface area contributed by atoms with Crippen molar-refractivity contribution in [2.75, 3.05) is 20.2 Å². The second-order valence-corrected chi connectivity index (χ2v) is 7.44. The molecule has 2 aromatic rings. The molecule has 1 heterocycles. The highest BCUT2D eigenvalue weighted by Gasteiger charge is 2.23. The maximum Gasteiger partial charge on any atom is 0.321 e. The van der Waals surface area contributed by atoms with Crippen LogP contribution in [0.15, 0.2) is 53.7 Å². The summed E-state index contributed by atoms with van der Waals surface area (Å²) in [4.78, 5) is 15.6. The quantitative estimate of drug-likeness (QED) is 0.528. The Bertz CT molecular complexity index is 795. The van der Waals surface area contributed by atoms with Crippen molar-refractivity contribution in [3.8, 4) is 0 Å². The number of halogens is 1. The van der Waals surface area contributed by atoms with E-state index in [1.54, 1.807) is 12.4 Å². The van der Waals surface area contributed by atoms with Crippen molar-refractivity contribution in [1.82, 2.24) is 9.29 Å². The van der Waals surface area contributed by atoms with Crippen LogP contribution in [0.2, 0.25) is 0 Å². The molecule has 0 bridgehead atoms. The zero-order valence-corrected chi connectivity index (χ0v) is 14.6. The van der Waals surface area contributed by atoms with Gasteiger partial charge in [0.25, 0.3) is 0 Å². The van der Waals surface area contributed by atoms with Gasteiger partial charge in [0.15, 0.2) is 0 Å². The van der Waals surface area contributed by atoms with Crippen molar-refractivity contribution < 1.29 is 22.3 Å². The molecule has 0 aliphatic rings. The van der Waals surface area contributed by atoms with E-state index < -0.39 is 28.4 Å². The van der Waals surface area contributed by atoms with E-state index in [1.165, 1.54) is 7.05 Å². The molecule has 0 unspecified atom stereocenters. The maximum absolute atomic E-state index is 12.9. The van der Waals surface area contributed by atoms with Crippen LogP contribution in [-0.2, 0) is 26.0 Å². The summed E-state index contributed by atoms with van der Waals surface area (Å²) in [6, 6.07) is 8.18. The van der Waals surface area contributed by atoms with Gasteiger partial charge < -0.3 is 4.74 Å². The number of hydrogen-bond donors (Lipinski definition) is 0. The number of nitrogens with zero attached hydrogens (tertiary/aromatic N) is 2. The monoisotopic (exact) mass is 366 g/mol. The van der Waals surface area contributed by atoms with Crippen molar-refractivity contribution in [3.63, 3.8) is 0 Å². The van der Waals surface area contributed by atoms with Gasteiger partial charge in [-0.2, -0.15) is 4.31 Å².